The third-order valence-corrected chi connectivity index (χ3v) is 4.08. The first kappa shape index (κ1) is 14.5. The Morgan fingerprint density at radius 3 is 2.25 bits per heavy atom. The van der Waals surface area contributed by atoms with E-state index in [0.29, 0.717) is 0 Å². The highest BCUT2D eigenvalue weighted by molar-refractivity contribution is 5.84. The van der Waals surface area contributed by atoms with Crippen molar-refractivity contribution >= 4 is 11.9 Å². The van der Waals surface area contributed by atoms with Gasteiger partial charge in [0.1, 0.15) is 0 Å². The van der Waals surface area contributed by atoms with Crippen LogP contribution in [0.3, 0.4) is 0 Å². The summed E-state index contributed by atoms with van der Waals surface area (Å²) in [5.41, 5.74) is 7.25. The fourth-order valence-corrected chi connectivity index (χ4v) is 2.76. The molecular formula is C17H24N3+. The minimum atomic E-state index is 0.973. The predicted molar refractivity (Wildman–Crippen MR) is 83.9 cm³/mol. The zero-order chi connectivity index (χ0) is 14.9. The topological polar surface area (TPSA) is 21.2 Å². The predicted octanol–water partition coefficient (Wildman–Crippen LogP) is 3.32. The molecule has 0 aliphatic rings. The highest BCUT2D eigenvalue weighted by Crippen LogP contribution is 2.23. The van der Waals surface area contributed by atoms with E-state index in [1.54, 1.807) is 0 Å². The Kier molecular flexibility index (Phi) is 4.07. The normalized spacial score (nSPS) is 11.5. The van der Waals surface area contributed by atoms with Crippen LogP contribution in [-0.4, -0.2) is 10.9 Å². The molecule has 0 atom stereocenters. The van der Waals surface area contributed by atoms with Gasteiger partial charge >= 0.3 is 0 Å². The molecule has 1 aromatic heterocycles. The monoisotopic (exact) mass is 270 g/mol. The van der Waals surface area contributed by atoms with E-state index in [1.165, 1.54) is 28.1 Å². The smallest absolute Gasteiger partial charge is 0.213 e. The lowest BCUT2D eigenvalue weighted by Crippen LogP contribution is -2.41. The molecule has 106 valence electrons. The third-order valence-electron chi connectivity index (χ3n) is 4.08. The van der Waals surface area contributed by atoms with Crippen LogP contribution in [0.5, 0.6) is 0 Å². The van der Waals surface area contributed by atoms with Crippen LogP contribution >= 0.6 is 0 Å². The van der Waals surface area contributed by atoms with Crippen molar-refractivity contribution in [1.29, 1.82) is 0 Å². The summed E-state index contributed by atoms with van der Waals surface area (Å²) in [5, 5.41) is 0. The zero-order valence-electron chi connectivity index (χ0n) is 13.4. The van der Waals surface area contributed by atoms with Crippen molar-refractivity contribution in [3.05, 3.63) is 46.3 Å². The second-order valence-corrected chi connectivity index (χ2v) is 5.32. The molecule has 0 unspecified atom stereocenters. The molecule has 0 aliphatic carbocycles. The molecular weight excluding hydrogens is 246 g/mol. The summed E-state index contributed by atoms with van der Waals surface area (Å²) in [6.07, 6.45) is 2.01. The van der Waals surface area contributed by atoms with E-state index in [9.17, 15) is 0 Å². The lowest BCUT2D eigenvalue weighted by Gasteiger charge is -2.03. The highest BCUT2D eigenvalue weighted by atomic mass is 15.4. The molecule has 3 nitrogen and oxygen atoms in total. The average molecular weight is 270 g/mol. The van der Waals surface area contributed by atoms with Gasteiger partial charge in [-0.15, -0.1) is 4.68 Å². The lowest BCUT2D eigenvalue weighted by atomic mass is 10.1. The summed E-state index contributed by atoms with van der Waals surface area (Å²) in [5.74, 6) is 0. The number of rotatable bonds is 3. The van der Waals surface area contributed by atoms with Crippen molar-refractivity contribution in [2.24, 2.45) is 12.0 Å². The minimum absolute atomic E-state index is 0.973. The Balaban J connectivity index is 2.48. The first-order valence-electron chi connectivity index (χ1n) is 7.13. The number of benzene rings is 1. The van der Waals surface area contributed by atoms with Crippen molar-refractivity contribution < 1.29 is 4.68 Å². The molecule has 20 heavy (non-hydrogen) atoms. The molecule has 0 aliphatic heterocycles. The van der Waals surface area contributed by atoms with Crippen LogP contribution in [-0.2, 0) is 13.6 Å². The van der Waals surface area contributed by atoms with Crippen LogP contribution in [0.15, 0.2) is 23.2 Å². The van der Waals surface area contributed by atoms with Crippen molar-refractivity contribution in [1.82, 2.24) is 4.68 Å². The van der Waals surface area contributed by atoms with Crippen molar-refractivity contribution in [3.63, 3.8) is 0 Å². The molecule has 0 saturated carbocycles. The summed E-state index contributed by atoms with van der Waals surface area (Å²) >= 11 is 0. The van der Waals surface area contributed by atoms with Gasteiger partial charge < -0.3 is 0 Å². The second kappa shape index (κ2) is 5.61. The summed E-state index contributed by atoms with van der Waals surface area (Å²) < 4.78 is 4.46. The molecule has 0 spiro atoms. The Morgan fingerprint density at radius 1 is 1.15 bits per heavy atom. The van der Waals surface area contributed by atoms with Crippen LogP contribution in [0.1, 0.15) is 35.0 Å². The maximum Gasteiger partial charge on any atom is 0.213 e. The molecule has 3 heteroatoms. The van der Waals surface area contributed by atoms with Gasteiger partial charge in [0.15, 0.2) is 7.05 Å². The lowest BCUT2D eigenvalue weighted by molar-refractivity contribution is -0.758. The highest BCUT2D eigenvalue weighted by Gasteiger charge is 2.19. The largest absolute Gasteiger partial charge is 0.255 e. The van der Waals surface area contributed by atoms with Crippen molar-refractivity contribution in [3.8, 4) is 0 Å². The van der Waals surface area contributed by atoms with Gasteiger partial charge in [-0.3, -0.25) is 4.99 Å². The summed E-state index contributed by atoms with van der Waals surface area (Å²) in [4.78, 5) is 4.73. The number of aliphatic imine (C=N–C) groups is 1. The third kappa shape index (κ3) is 2.40. The number of hydrogen-bond donors (Lipinski definition) is 0. The molecule has 0 N–H and O–H groups in total. The Hall–Kier alpha value is -1.90. The van der Waals surface area contributed by atoms with Crippen molar-refractivity contribution in [2.75, 3.05) is 0 Å². The molecule has 0 bridgehead atoms. The van der Waals surface area contributed by atoms with Crippen LogP contribution in [0.4, 0.5) is 5.69 Å². The van der Waals surface area contributed by atoms with Crippen LogP contribution < -0.4 is 4.68 Å². The first-order valence-corrected chi connectivity index (χ1v) is 7.13. The van der Waals surface area contributed by atoms with E-state index < -0.39 is 0 Å². The van der Waals surface area contributed by atoms with Crippen LogP contribution in [0.25, 0.3) is 0 Å². The zero-order valence-corrected chi connectivity index (χ0v) is 13.4. The molecule has 0 amide bonds. The Morgan fingerprint density at radius 2 is 1.75 bits per heavy atom. The standard InChI is InChI=1S/C17H24N3/c1-7-20-15(5)16(14(4)19(20)6)11-18-17-12(2)9-8-10-13(17)3/h8-11H,7H2,1-6H3/q+1. The van der Waals surface area contributed by atoms with Gasteiger partial charge in [0.25, 0.3) is 0 Å². The molecule has 0 saturated heterocycles. The van der Waals surface area contributed by atoms with Gasteiger partial charge in [-0.05, 0) is 38.8 Å². The number of hydrogen-bond acceptors (Lipinski definition) is 1. The summed E-state index contributed by atoms with van der Waals surface area (Å²) in [6.45, 7) is 11.7. The molecule has 2 aromatic rings. The van der Waals surface area contributed by atoms with E-state index in [1.807, 2.05) is 6.21 Å². The molecule has 0 radical (unpaired) electrons. The number of para-hydroxylation sites is 1. The van der Waals surface area contributed by atoms with Gasteiger partial charge in [0.2, 0.25) is 5.69 Å². The van der Waals surface area contributed by atoms with Gasteiger partial charge in [0.05, 0.1) is 23.5 Å². The first-order chi connectivity index (χ1) is 9.47. The number of aryl methyl sites for hydroxylation is 2. The second-order valence-electron chi connectivity index (χ2n) is 5.32. The Labute approximate surface area is 121 Å². The SMILES string of the molecule is CCn1c(C)c(C=Nc2c(C)cccc2C)c(C)[n+]1C. The molecule has 1 heterocycles. The quantitative estimate of drug-likeness (QED) is 0.603. The van der Waals surface area contributed by atoms with Crippen LogP contribution in [0.2, 0.25) is 0 Å². The van der Waals surface area contributed by atoms with Crippen LogP contribution in [0, 0.1) is 27.7 Å². The van der Waals surface area contributed by atoms with Gasteiger partial charge in [0, 0.05) is 13.1 Å². The van der Waals surface area contributed by atoms with Crippen molar-refractivity contribution in [2.45, 2.75) is 41.2 Å². The number of nitrogens with zero attached hydrogens (tertiary/aromatic N) is 3. The van der Waals surface area contributed by atoms with E-state index >= 15 is 0 Å². The number of aromatic nitrogens is 2. The molecule has 0 fully saturated rings. The van der Waals surface area contributed by atoms with Gasteiger partial charge in [-0.25, -0.2) is 0 Å². The van der Waals surface area contributed by atoms with Gasteiger partial charge in [-0.2, -0.15) is 4.68 Å². The molecule has 2 rings (SSSR count). The Bertz CT molecular complexity index is 643. The van der Waals surface area contributed by atoms with E-state index in [-0.39, 0.29) is 0 Å². The molecule has 1 aromatic carbocycles. The van der Waals surface area contributed by atoms with E-state index in [4.69, 9.17) is 4.99 Å². The van der Waals surface area contributed by atoms with E-state index in [0.717, 1.165) is 12.2 Å². The maximum atomic E-state index is 4.73. The van der Waals surface area contributed by atoms with E-state index in [2.05, 4.69) is 69.2 Å². The average Bonchev–Trinajstić information content (AvgIpc) is 2.61. The fraction of sp³-hybridized carbons (Fsp3) is 0.412. The summed E-state index contributed by atoms with van der Waals surface area (Å²) in [7, 11) is 2.10. The minimum Gasteiger partial charge on any atom is -0.255 e. The fourth-order valence-electron chi connectivity index (χ4n) is 2.76. The maximum absolute atomic E-state index is 4.73. The van der Waals surface area contributed by atoms with Gasteiger partial charge in [-0.1, -0.05) is 18.2 Å². The summed E-state index contributed by atoms with van der Waals surface area (Å²) in [6, 6.07) is 6.29.